The summed E-state index contributed by atoms with van der Waals surface area (Å²) in [6.07, 6.45) is 2.47. The first-order chi connectivity index (χ1) is 24.5. The minimum Gasteiger partial charge on any atom is -0.444 e. The Balaban J connectivity index is 1.30. The van der Waals surface area contributed by atoms with E-state index in [4.69, 9.17) is 4.74 Å². The van der Waals surface area contributed by atoms with E-state index in [1.54, 1.807) is 36.4 Å². The number of hydrogen-bond donors (Lipinski definition) is 5. The minimum absolute atomic E-state index is 0.192. The third-order valence-electron chi connectivity index (χ3n) is 9.26. The number of rotatable bonds is 11. The molecule has 0 saturated heterocycles. The number of alkyl carbamates (subject to hydrolysis) is 1. The van der Waals surface area contributed by atoms with Gasteiger partial charge in [-0.05, 0) is 112 Å². The maximum atomic E-state index is 13.8. The second kappa shape index (κ2) is 15.7. The molecular formula is C38H48N6O7S. The highest BCUT2D eigenvalue weighted by Gasteiger charge is 2.30. The molecule has 1 aliphatic carbocycles. The van der Waals surface area contributed by atoms with E-state index in [-0.39, 0.29) is 34.7 Å². The number of fused-ring (bicyclic) bond motifs is 1. The van der Waals surface area contributed by atoms with Crippen LogP contribution in [-0.2, 0) is 30.8 Å². The van der Waals surface area contributed by atoms with Crippen molar-refractivity contribution < 1.29 is 27.5 Å². The number of H-pyrrole nitrogens is 2. The van der Waals surface area contributed by atoms with Crippen molar-refractivity contribution in [3.63, 3.8) is 0 Å². The van der Waals surface area contributed by atoms with Crippen molar-refractivity contribution in [3.8, 4) is 11.1 Å². The molecule has 1 fully saturated rings. The van der Waals surface area contributed by atoms with E-state index < -0.39 is 33.7 Å². The molecule has 0 unspecified atom stereocenters. The summed E-state index contributed by atoms with van der Waals surface area (Å²) < 4.78 is 32.1. The lowest BCUT2D eigenvalue weighted by Gasteiger charge is -2.29. The molecule has 14 heteroatoms. The van der Waals surface area contributed by atoms with Crippen molar-refractivity contribution in [1.29, 1.82) is 0 Å². The second-order valence-corrected chi connectivity index (χ2v) is 16.8. The quantitative estimate of drug-likeness (QED) is 0.143. The van der Waals surface area contributed by atoms with Crippen molar-refractivity contribution >= 4 is 44.7 Å². The summed E-state index contributed by atoms with van der Waals surface area (Å²) in [6.45, 7) is 7.81. The Hall–Kier alpha value is -4.95. The Morgan fingerprint density at radius 3 is 2.25 bits per heavy atom. The Labute approximate surface area is 304 Å². The zero-order valence-electron chi connectivity index (χ0n) is 30.5. The smallest absolute Gasteiger partial charge is 0.407 e. The molecule has 1 aromatic heterocycles. The summed E-state index contributed by atoms with van der Waals surface area (Å²) in [5.74, 6) is -0.695. The van der Waals surface area contributed by atoms with Crippen LogP contribution in [0.25, 0.3) is 22.2 Å². The Kier molecular flexibility index (Phi) is 11.6. The SMILES string of the molecule is Cc1ccc(S(=O)(=O)N(C)C)cc1-c1ccc(C[C@H](NC(=O)[C@H]2CC[C@H](CNC(=O)OC(C)(C)C)CC2)C(=O)Nc2ccc3[nH]c(=O)[nH]c3c2)cc1. The molecular weight excluding hydrogens is 685 g/mol. The van der Waals surface area contributed by atoms with Gasteiger partial charge in [0.2, 0.25) is 21.8 Å². The van der Waals surface area contributed by atoms with E-state index in [0.717, 1.165) is 35.1 Å². The van der Waals surface area contributed by atoms with Crippen molar-refractivity contribution in [3.05, 3.63) is 82.3 Å². The average molecular weight is 733 g/mol. The molecule has 13 nitrogen and oxygen atoms in total. The summed E-state index contributed by atoms with van der Waals surface area (Å²) in [7, 11) is -0.640. The number of carbonyl (C=O) groups excluding carboxylic acids is 3. The summed E-state index contributed by atoms with van der Waals surface area (Å²) in [5, 5.41) is 8.72. The van der Waals surface area contributed by atoms with Crippen molar-refractivity contribution in [2.24, 2.45) is 11.8 Å². The number of nitrogens with zero attached hydrogens (tertiary/aromatic N) is 1. The maximum absolute atomic E-state index is 13.8. The molecule has 4 aromatic rings. The fraction of sp³-hybridized carbons (Fsp3) is 0.421. The first kappa shape index (κ1) is 38.3. The molecule has 1 heterocycles. The molecule has 278 valence electrons. The van der Waals surface area contributed by atoms with Crippen LogP contribution in [0.4, 0.5) is 10.5 Å². The second-order valence-electron chi connectivity index (χ2n) is 14.7. The van der Waals surface area contributed by atoms with Crippen molar-refractivity contribution in [2.45, 2.75) is 76.3 Å². The number of carbonyl (C=O) groups is 3. The molecule has 5 rings (SSSR count). The average Bonchev–Trinajstić information content (AvgIpc) is 3.46. The minimum atomic E-state index is -3.62. The van der Waals surface area contributed by atoms with Crippen LogP contribution in [0.3, 0.4) is 0 Å². The van der Waals surface area contributed by atoms with Gasteiger partial charge in [0, 0.05) is 38.7 Å². The highest BCUT2D eigenvalue weighted by molar-refractivity contribution is 7.89. The number of hydrogen-bond acceptors (Lipinski definition) is 7. The lowest BCUT2D eigenvalue weighted by atomic mass is 9.81. The Bertz CT molecular complexity index is 2090. The van der Waals surface area contributed by atoms with Gasteiger partial charge in [-0.2, -0.15) is 0 Å². The van der Waals surface area contributed by atoms with Gasteiger partial charge in [-0.15, -0.1) is 0 Å². The molecule has 0 aliphatic heterocycles. The fourth-order valence-electron chi connectivity index (χ4n) is 6.35. The predicted octanol–water partition coefficient (Wildman–Crippen LogP) is 5.08. The van der Waals surface area contributed by atoms with Crippen LogP contribution in [0.2, 0.25) is 0 Å². The number of amides is 3. The van der Waals surface area contributed by atoms with E-state index in [0.29, 0.717) is 36.1 Å². The van der Waals surface area contributed by atoms with Gasteiger partial charge >= 0.3 is 11.8 Å². The van der Waals surface area contributed by atoms with Crippen LogP contribution in [-0.4, -0.2) is 72.9 Å². The van der Waals surface area contributed by atoms with Crippen molar-refractivity contribution in [1.82, 2.24) is 24.9 Å². The zero-order chi connectivity index (χ0) is 37.8. The van der Waals surface area contributed by atoms with Gasteiger partial charge in [-0.3, -0.25) is 9.59 Å². The predicted molar refractivity (Wildman–Crippen MR) is 200 cm³/mol. The van der Waals surface area contributed by atoms with Crippen LogP contribution in [0, 0.1) is 18.8 Å². The fourth-order valence-corrected chi connectivity index (χ4v) is 7.28. The number of aromatic amines is 2. The third kappa shape index (κ3) is 9.68. The van der Waals surface area contributed by atoms with Crippen molar-refractivity contribution in [2.75, 3.05) is 26.0 Å². The van der Waals surface area contributed by atoms with Gasteiger partial charge in [0.1, 0.15) is 11.6 Å². The van der Waals surface area contributed by atoms with Crippen LogP contribution >= 0.6 is 0 Å². The number of aromatic nitrogens is 2. The van der Waals surface area contributed by atoms with E-state index in [9.17, 15) is 27.6 Å². The Morgan fingerprint density at radius 2 is 1.60 bits per heavy atom. The molecule has 0 spiro atoms. The number of sulfonamides is 1. The van der Waals surface area contributed by atoms with Gasteiger partial charge in [0.25, 0.3) is 0 Å². The molecule has 1 saturated carbocycles. The molecule has 0 bridgehead atoms. The number of aryl methyl sites for hydroxylation is 1. The number of imidazole rings is 1. The van der Waals surface area contributed by atoms with E-state index in [1.807, 2.05) is 52.0 Å². The molecule has 0 radical (unpaired) electrons. The molecule has 52 heavy (non-hydrogen) atoms. The van der Waals surface area contributed by atoms with E-state index in [2.05, 4.69) is 25.9 Å². The highest BCUT2D eigenvalue weighted by atomic mass is 32.2. The summed E-state index contributed by atoms with van der Waals surface area (Å²) in [5.41, 5.74) is 3.94. The number of nitrogens with one attached hydrogen (secondary N) is 5. The lowest BCUT2D eigenvalue weighted by Crippen LogP contribution is -2.48. The maximum Gasteiger partial charge on any atom is 0.407 e. The number of anilines is 1. The highest BCUT2D eigenvalue weighted by Crippen LogP contribution is 2.30. The molecule has 3 amide bonds. The van der Waals surface area contributed by atoms with Gasteiger partial charge in [-0.1, -0.05) is 30.3 Å². The lowest BCUT2D eigenvalue weighted by molar-refractivity contribution is -0.130. The molecule has 1 atom stereocenters. The summed E-state index contributed by atoms with van der Waals surface area (Å²) in [6, 6.07) is 16.6. The van der Waals surface area contributed by atoms with Gasteiger partial charge in [0.05, 0.1) is 15.9 Å². The van der Waals surface area contributed by atoms with Crippen LogP contribution in [0.5, 0.6) is 0 Å². The summed E-state index contributed by atoms with van der Waals surface area (Å²) >= 11 is 0. The monoisotopic (exact) mass is 732 g/mol. The largest absolute Gasteiger partial charge is 0.444 e. The van der Waals surface area contributed by atoms with Gasteiger partial charge < -0.3 is 30.7 Å². The molecule has 5 N–H and O–H groups in total. The van der Waals surface area contributed by atoms with Crippen LogP contribution in [0.1, 0.15) is 57.6 Å². The Morgan fingerprint density at radius 1 is 0.923 bits per heavy atom. The summed E-state index contributed by atoms with van der Waals surface area (Å²) in [4.78, 5) is 56.8. The normalized spacial score (nSPS) is 17.1. The third-order valence-corrected chi connectivity index (χ3v) is 11.1. The zero-order valence-corrected chi connectivity index (χ0v) is 31.3. The first-order valence-electron chi connectivity index (χ1n) is 17.4. The van der Waals surface area contributed by atoms with E-state index in [1.165, 1.54) is 18.4 Å². The standard InChI is InChI=1S/C38H48N6O7S/c1-23-7-17-29(52(49,50)44(5)6)21-30(23)26-12-8-24(9-13-26)19-33(35(46)40-28-16-18-31-32(20-28)43-36(47)42-31)41-34(45)27-14-10-25(11-15-27)22-39-37(48)51-38(2,3)4/h7-9,12-13,16-18,20-21,25,27,33H,10-11,14-15,19,22H2,1-6H3,(H,39,48)(H,40,46)(H,41,45)(H2,42,43,47)/t25-,27-,33-/m0/s1. The molecule has 1 aliphatic rings. The van der Waals surface area contributed by atoms with Crippen LogP contribution < -0.4 is 21.6 Å². The number of ether oxygens (including phenoxy) is 1. The van der Waals surface area contributed by atoms with Gasteiger partial charge in [-0.25, -0.2) is 22.3 Å². The van der Waals surface area contributed by atoms with E-state index >= 15 is 0 Å². The first-order valence-corrected chi connectivity index (χ1v) is 18.8. The molecule has 3 aromatic carbocycles. The van der Waals surface area contributed by atoms with Crippen LogP contribution in [0.15, 0.2) is 70.4 Å². The topological polar surface area (TPSA) is 183 Å². The number of benzene rings is 3. The van der Waals surface area contributed by atoms with Gasteiger partial charge in [0.15, 0.2) is 0 Å².